The van der Waals surface area contributed by atoms with Crippen LogP contribution in [-0.2, 0) is 10.0 Å². The van der Waals surface area contributed by atoms with Crippen molar-refractivity contribution in [2.24, 2.45) is 5.10 Å². The zero-order valence-electron chi connectivity index (χ0n) is 19.3. The molecule has 0 unspecified atom stereocenters. The molecule has 4 aromatic rings. The number of aryl methyl sites for hydroxylation is 1. The number of nitrogens with one attached hydrogen (secondary N) is 1. The van der Waals surface area contributed by atoms with Gasteiger partial charge in [-0.2, -0.15) is 9.78 Å². The lowest BCUT2D eigenvalue weighted by atomic mass is 10.1. The maximum absolute atomic E-state index is 13.4. The van der Waals surface area contributed by atoms with Crippen LogP contribution in [0.25, 0.3) is 10.8 Å². The van der Waals surface area contributed by atoms with E-state index >= 15 is 0 Å². The van der Waals surface area contributed by atoms with Gasteiger partial charge >= 0.3 is 0 Å². The summed E-state index contributed by atoms with van der Waals surface area (Å²) in [7, 11) is -3.75. The summed E-state index contributed by atoms with van der Waals surface area (Å²) in [5.41, 5.74) is 4.22. The number of hydrogen-bond acceptors (Lipinski definition) is 6. The molecule has 0 amide bonds. The lowest BCUT2D eigenvalue weighted by molar-refractivity contribution is 0.557. The van der Waals surface area contributed by atoms with Gasteiger partial charge in [0.05, 0.1) is 16.2 Å². The smallest absolute Gasteiger partial charge is 0.207 e. The van der Waals surface area contributed by atoms with Gasteiger partial charge in [0.1, 0.15) is 6.33 Å². The summed E-state index contributed by atoms with van der Waals surface area (Å²) < 4.78 is 31.6. The van der Waals surface area contributed by atoms with Crippen molar-refractivity contribution in [3.05, 3.63) is 83.7 Å². The second kappa shape index (κ2) is 8.89. The second-order valence-electron chi connectivity index (χ2n) is 9.07. The average molecular weight is 504 g/mol. The number of sulfonamides is 1. The number of aromatic nitrogens is 3. The van der Waals surface area contributed by atoms with Gasteiger partial charge in [-0.15, -0.1) is 10.2 Å². The van der Waals surface area contributed by atoms with E-state index in [-0.39, 0.29) is 10.1 Å². The molecule has 0 bridgehead atoms. The van der Waals surface area contributed by atoms with Crippen LogP contribution in [0.2, 0.25) is 0 Å². The fraction of sp³-hybridized carbons (Fsp3) is 0.269. The van der Waals surface area contributed by atoms with E-state index in [1.807, 2.05) is 37.3 Å². The van der Waals surface area contributed by atoms with Crippen LogP contribution in [0.4, 0.5) is 0 Å². The van der Waals surface area contributed by atoms with Crippen LogP contribution in [-0.4, -0.2) is 29.0 Å². The van der Waals surface area contributed by atoms with E-state index in [0.29, 0.717) is 5.16 Å². The Bertz CT molecular complexity index is 1530. The van der Waals surface area contributed by atoms with Gasteiger partial charge in [-0.3, -0.25) is 0 Å². The molecular formula is C26H25N5O2S2. The maximum Gasteiger partial charge on any atom is 0.241 e. The van der Waals surface area contributed by atoms with Crippen LogP contribution in [0.3, 0.4) is 0 Å². The van der Waals surface area contributed by atoms with E-state index in [4.69, 9.17) is 5.10 Å². The molecule has 2 atom stereocenters. The van der Waals surface area contributed by atoms with Gasteiger partial charge in [0, 0.05) is 5.71 Å². The Morgan fingerprint density at radius 1 is 1.00 bits per heavy atom. The van der Waals surface area contributed by atoms with E-state index < -0.39 is 16.1 Å². The lowest BCUT2D eigenvalue weighted by Crippen LogP contribution is -2.30. The predicted octanol–water partition coefficient (Wildman–Crippen LogP) is 5.38. The molecule has 2 aliphatic carbocycles. The Morgan fingerprint density at radius 2 is 1.71 bits per heavy atom. The van der Waals surface area contributed by atoms with Gasteiger partial charge in [-0.05, 0) is 66.6 Å². The first-order valence-corrected chi connectivity index (χ1v) is 14.1. The van der Waals surface area contributed by atoms with Crippen molar-refractivity contribution in [3.63, 3.8) is 0 Å². The molecule has 1 N–H and O–H groups in total. The molecule has 1 saturated carbocycles. The van der Waals surface area contributed by atoms with Crippen molar-refractivity contribution < 1.29 is 8.42 Å². The fourth-order valence-corrected chi connectivity index (χ4v) is 7.47. The van der Waals surface area contributed by atoms with Crippen LogP contribution >= 0.6 is 11.8 Å². The SMILES string of the molecule is Cc1ccc(S(=O)(=O)N[C@@H]2c3cccc4cccc(c34)[C@@H]2Sc2nncn2N=C2CCCC2)cc1. The molecule has 35 heavy (non-hydrogen) atoms. The third-order valence-corrected chi connectivity index (χ3v) is 9.41. The average Bonchev–Trinajstić information content (AvgIpc) is 3.59. The van der Waals surface area contributed by atoms with Gasteiger partial charge < -0.3 is 0 Å². The van der Waals surface area contributed by atoms with Gasteiger partial charge in [0.15, 0.2) is 0 Å². The molecular weight excluding hydrogens is 478 g/mol. The highest BCUT2D eigenvalue weighted by Crippen LogP contribution is 2.53. The van der Waals surface area contributed by atoms with E-state index in [1.165, 1.54) is 11.8 Å². The summed E-state index contributed by atoms with van der Waals surface area (Å²) in [6, 6.07) is 18.7. The van der Waals surface area contributed by atoms with Crippen LogP contribution in [0, 0.1) is 6.92 Å². The first kappa shape index (κ1) is 22.5. The summed E-state index contributed by atoms with van der Waals surface area (Å²) in [5.74, 6) is 0. The molecule has 1 aromatic heterocycles. The minimum absolute atomic E-state index is 0.219. The Labute approximate surface area is 208 Å². The topological polar surface area (TPSA) is 89.2 Å². The van der Waals surface area contributed by atoms with Crippen LogP contribution < -0.4 is 4.72 Å². The van der Waals surface area contributed by atoms with Crippen molar-refractivity contribution in [1.82, 2.24) is 19.6 Å². The molecule has 0 spiro atoms. The molecule has 0 radical (unpaired) electrons. The van der Waals surface area contributed by atoms with Crippen LogP contribution in [0.1, 0.15) is 53.7 Å². The monoisotopic (exact) mass is 503 g/mol. The second-order valence-corrected chi connectivity index (χ2v) is 11.9. The van der Waals surface area contributed by atoms with E-state index in [2.05, 4.69) is 33.1 Å². The molecule has 9 heteroatoms. The molecule has 1 heterocycles. The van der Waals surface area contributed by atoms with Crippen molar-refractivity contribution >= 4 is 38.3 Å². The van der Waals surface area contributed by atoms with Crippen molar-refractivity contribution in [1.29, 1.82) is 0 Å². The highest BCUT2D eigenvalue weighted by Gasteiger charge is 2.38. The zero-order valence-corrected chi connectivity index (χ0v) is 20.9. The Hall–Kier alpha value is -3.01. The molecule has 2 aliphatic rings. The van der Waals surface area contributed by atoms with Gasteiger partial charge in [-0.1, -0.05) is 65.9 Å². The third-order valence-electron chi connectivity index (χ3n) is 6.69. The zero-order chi connectivity index (χ0) is 24.0. The normalized spacial score (nSPS) is 19.5. The minimum atomic E-state index is -3.75. The summed E-state index contributed by atoms with van der Waals surface area (Å²) in [4.78, 5) is 0.255. The van der Waals surface area contributed by atoms with Crippen molar-refractivity contribution in [3.8, 4) is 0 Å². The fourth-order valence-electron chi connectivity index (χ4n) is 4.96. The first-order chi connectivity index (χ1) is 17.0. The predicted molar refractivity (Wildman–Crippen MR) is 138 cm³/mol. The van der Waals surface area contributed by atoms with Crippen molar-refractivity contribution in [2.45, 2.75) is 54.0 Å². The van der Waals surface area contributed by atoms with E-state index in [9.17, 15) is 8.42 Å². The standard InChI is InChI=1S/C26H25N5O2S2/c1-17-12-14-20(15-13-17)35(32,33)30-24-21-10-4-6-18-7-5-11-22(23(18)21)25(24)34-26-28-27-16-31(26)29-19-8-2-3-9-19/h4-7,10-16,24-25,30H,2-3,8-9H2,1H3/t24-,25+/m1/s1. The lowest BCUT2D eigenvalue weighted by Gasteiger charge is -2.22. The maximum atomic E-state index is 13.4. The summed E-state index contributed by atoms with van der Waals surface area (Å²) in [5, 5.41) is 15.8. The Kier molecular flexibility index (Phi) is 5.70. The van der Waals surface area contributed by atoms with E-state index in [1.54, 1.807) is 23.1 Å². The van der Waals surface area contributed by atoms with E-state index in [0.717, 1.165) is 58.9 Å². The van der Waals surface area contributed by atoms with Gasteiger partial charge in [0.2, 0.25) is 15.2 Å². The minimum Gasteiger partial charge on any atom is -0.207 e. The number of thioether (sulfide) groups is 1. The van der Waals surface area contributed by atoms with Gasteiger partial charge in [-0.25, -0.2) is 13.1 Å². The molecule has 1 fully saturated rings. The Balaban J connectivity index is 1.40. The number of nitrogens with zero attached hydrogens (tertiary/aromatic N) is 4. The summed E-state index contributed by atoms with van der Waals surface area (Å²) in [6.07, 6.45) is 5.94. The molecule has 178 valence electrons. The van der Waals surface area contributed by atoms with Crippen molar-refractivity contribution in [2.75, 3.05) is 0 Å². The van der Waals surface area contributed by atoms with Crippen LogP contribution in [0.5, 0.6) is 0 Å². The largest absolute Gasteiger partial charge is 0.241 e. The number of rotatable bonds is 6. The quantitative estimate of drug-likeness (QED) is 0.381. The first-order valence-electron chi connectivity index (χ1n) is 11.7. The molecule has 0 saturated heterocycles. The van der Waals surface area contributed by atoms with Crippen LogP contribution in [0.15, 0.2) is 82.1 Å². The number of benzene rings is 3. The van der Waals surface area contributed by atoms with Gasteiger partial charge in [0.25, 0.3) is 0 Å². The third kappa shape index (κ3) is 4.17. The molecule has 7 nitrogen and oxygen atoms in total. The summed E-state index contributed by atoms with van der Waals surface area (Å²) in [6.45, 7) is 1.94. The summed E-state index contributed by atoms with van der Waals surface area (Å²) >= 11 is 1.50. The Morgan fingerprint density at radius 3 is 2.46 bits per heavy atom. The number of hydrogen-bond donors (Lipinski definition) is 1. The molecule has 3 aromatic carbocycles. The molecule has 0 aliphatic heterocycles. The molecule has 6 rings (SSSR count). The highest BCUT2D eigenvalue weighted by molar-refractivity contribution is 7.99. The highest BCUT2D eigenvalue weighted by atomic mass is 32.2.